The molecule has 10 heteroatoms. The highest BCUT2D eigenvalue weighted by Crippen LogP contribution is 2.26. The van der Waals surface area contributed by atoms with Crippen LogP contribution in [0.2, 0.25) is 5.02 Å². The minimum atomic E-state index is -0.542. The van der Waals surface area contributed by atoms with Crippen LogP contribution >= 0.6 is 22.9 Å². The monoisotopic (exact) mass is 450 g/mol. The third-order valence-corrected chi connectivity index (χ3v) is 6.26. The third-order valence-electron chi connectivity index (χ3n) is 5.01. The third kappa shape index (κ3) is 6.25. The van der Waals surface area contributed by atoms with Gasteiger partial charge < -0.3 is 10.6 Å². The smallest absolute Gasteiger partial charge is 0.271 e. The van der Waals surface area contributed by atoms with Crippen molar-refractivity contribution >= 4 is 46.1 Å². The Morgan fingerprint density at radius 3 is 2.67 bits per heavy atom. The molecule has 1 aromatic heterocycles. The molecular weight excluding hydrogens is 428 g/mol. The number of nitrogens with one attached hydrogen (secondary N) is 2. The number of nitrogens with zero attached hydrogens (tertiary/aromatic N) is 2. The summed E-state index contributed by atoms with van der Waals surface area (Å²) in [5.41, 5.74) is 0.209. The first-order chi connectivity index (χ1) is 14.4. The van der Waals surface area contributed by atoms with Gasteiger partial charge in [0.1, 0.15) is 0 Å². The summed E-state index contributed by atoms with van der Waals surface area (Å²) >= 11 is 7.70. The summed E-state index contributed by atoms with van der Waals surface area (Å²) in [6.07, 6.45) is 2.25. The maximum atomic E-state index is 12.3. The van der Waals surface area contributed by atoms with E-state index in [1.54, 1.807) is 11.3 Å². The van der Waals surface area contributed by atoms with Crippen LogP contribution in [0.25, 0.3) is 0 Å². The second-order valence-corrected chi connectivity index (χ2v) is 8.58. The molecule has 1 saturated heterocycles. The van der Waals surface area contributed by atoms with Crippen LogP contribution in [0.3, 0.4) is 0 Å². The number of non-ortho nitro benzene ring substituents is 1. The fraction of sp³-hybridized carbons (Fsp3) is 0.400. The van der Waals surface area contributed by atoms with Gasteiger partial charge in [0, 0.05) is 29.5 Å². The van der Waals surface area contributed by atoms with Crippen molar-refractivity contribution in [2.45, 2.75) is 19.3 Å². The predicted molar refractivity (Wildman–Crippen MR) is 117 cm³/mol. The number of nitro groups is 1. The largest absolute Gasteiger partial charge is 0.355 e. The van der Waals surface area contributed by atoms with Crippen LogP contribution in [0.5, 0.6) is 0 Å². The van der Waals surface area contributed by atoms with E-state index in [-0.39, 0.29) is 35.0 Å². The van der Waals surface area contributed by atoms with Gasteiger partial charge in [0.2, 0.25) is 11.8 Å². The summed E-state index contributed by atoms with van der Waals surface area (Å²) < 4.78 is 0. The van der Waals surface area contributed by atoms with E-state index < -0.39 is 4.92 Å². The Bertz CT molecular complexity index is 898. The molecule has 8 nitrogen and oxygen atoms in total. The van der Waals surface area contributed by atoms with E-state index >= 15 is 0 Å². The number of anilines is 1. The summed E-state index contributed by atoms with van der Waals surface area (Å²) in [7, 11) is 0. The number of carbonyl (C=O) groups excluding carboxylic acids is 2. The van der Waals surface area contributed by atoms with Crippen LogP contribution in [0, 0.1) is 16.0 Å². The maximum Gasteiger partial charge on any atom is 0.271 e. The van der Waals surface area contributed by atoms with E-state index in [0.29, 0.717) is 38.2 Å². The number of thiophene rings is 1. The molecular formula is C20H23ClN4O4S. The Morgan fingerprint density at radius 2 is 2.03 bits per heavy atom. The van der Waals surface area contributed by atoms with Gasteiger partial charge in [-0.2, -0.15) is 0 Å². The van der Waals surface area contributed by atoms with Gasteiger partial charge in [-0.1, -0.05) is 17.7 Å². The molecule has 160 valence electrons. The molecule has 0 aliphatic carbocycles. The highest BCUT2D eigenvalue weighted by molar-refractivity contribution is 7.09. The van der Waals surface area contributed by atoms with E-state index in [4.69, 9.17) is 11.6 Å². The zero-order valence-corrected chi connectivity index (χ0v) is 17.9. The normalized spacial score (nSPS) is 15.0. The van der Waals surface area contributed by atoms with Gasteiger partial charge in [-0.3, -0.25) is 24.6 Å². The minimum absolute atomic E-state index is 0.0308. The topological polar surface area (TPSA) is 105 Å². The first-order valence-corrected chi connectivity index (χ1v) is 10.9. The number of halogens is 1. The van der Waals surface area contributed by atoms with E-state index in [1.165, 1.54) is 23.1 Å². The van der Waals surface area contributed by atoms with Crippen molar-refractivity contribution < 1.29 is 14.5 Å². The van der Waals surface area contributed by atoms with Gasteiger partial charge in [-0.25, -0.2) is 0 Å². The number of hydrogen-bond donors (Lipinski definition) is 2. The van der Waals surface area contributed by atoms with Gasteiger partial charge >= 0.3 is 0 Å². The number of amides is 2. The molecule has 1 aliphatic rings. The van der Waals surface area contributed by atoms with Crippen LogP contribution in [-0.4, -0.2) is 47.8 Å². The highest BCUT2D eigenvalue weighted by atomic mass is 35.5. The number of benzene rings is 1. The van der Waals surface area contributed by atoms with Gasteiger partial charge in [0.25, 0.3) is 5.69 Å². The lowest BCUT2D eigenvalue weighted by Gasteiger charge is -2.30. The number of nitro benzene ring substituents is 1. The molecule has 1 fully saturated rings. The fourth-order valence-electron chi connectivity index (χ4n) is 3.37. The summed E-state index contributed by atoms with van der Waals surface area (Å²) in [6.45, 7) is 2.13. The molecule has 1 aromatic carbocycles. The van der Waals surface area contributed by atoms with Crippen molar-refractivity contribution in [3.8, 4) is 0 Å². The lowest BCUT2D eigenvalue weighted by molar-refractivity contribution is -0.384. The quantitative estimate of drug-likeness (QED) is 0.474. The highest BCUT2D eigenvalue weighted by Gasteiger charge is 2.26. The Kier molecular flexibility index (Phi) is 7.78. The van der Waals surface area contributed by atoms with Crippen LogP contribution in [0.1, 0.15) is 17.7 Å². The average molecular weight is 451 g/mol. The number of hydrogen-bond acceptors (Lipinski definition) is 6. The van der Waals surface area contributed by atoms with Crippen molar-refractivity contribution in [1.29, 1.82) is 0 Å². The molecule has 0 bridgehead atoms. The maximum absolute atomic E-state index is 12.3. The van der Waals surface area contributed by atoms with Crippen LogP contribution in [0.4, 0.5) is 11.4 Å². The van der Waals surface area contributed by atoms with Crippen molar-refractivity contribution in [3.05, 3.63) is 55.7 Å². The summed E-state index contributed by atoms with van der Waals surface area (Å²) in [5, 5.41) is 18.6. The number of rotatable bonds is 8. The van der Waals surface area contributed by atoms with Gasteiger partial charge in [-0.05, 0) is 49.9 Å². The van der Waals surface area contributed by atoms with Crippen molar-refractivity contribution in [2.24, 2.45) is 5.92 Å². The Labute approximate surface area is 183 Å². The second-order valence-electron chi connectivity index (χ2n) is 7.14. The Balaban J connectivity index is 1.39. The van der Waals surface area contributed by atoms with Crippen LogP contribution in [0.15, 0.2) is 35.7 Å². The van der Waals surface area contributed by atoms with Crippen LogP contribution in [-0.2, 0) is 16.0 Å². The van der Waals surface area contributed by atoms with E-state index in [0.717, 1.165) is 6.42 Å². The molecule has 0 radical (unpaired) electrons. The SMILES string of the molecule is O=C(CN1CCC(C(=O)NCCc2cccs2)CC1)Nc1ccc([N+](=O)[O-])cc1Cl. The Hall–Kier alpha value is -2.49. The van der Waals surface area contributed by atoms with Gasteiger partial charge in [0.15, 0.2) is 0 Å². The van der Waals surface area contributed by atoms with Gasteiger partial charge in [-0.15, -0.1) is 11.3 Å². The standard InChI is InChI=1S/C20H23ClN4O4S/c21-17-12-15(25(28)29)3-4-18(17)23-19(26)13-24-9-6-14(7-10-24)20(27)22-8-5-16-2-1-11-30-16/h1-4,11-12,14H,5-10,13H2,(H,22,27)(H,23,26). The summed E-state index contributed by atoms with van der Waals surface area (Å²) in [4.78, 5) is 38.1. The number of carbonyl (C=O) groups is 2. The van der Waals surface area contributed by atoms with Crippen molar-refractivity contribution in [3.63, 3.8) is 0 Å². The zero-order chi connectivity index (χ0) is 21.5. The second kappa shape index (κ2) is 10.5. The molecule has 2 aromatic rings. The van der Waals surface area contributed by atoms with E-state index in [1.807, 2.05) is 16.3 Å². The zero-order valence-electron chi connectivity index (χ0n) is 16.3. The van der Waals surface area contributed by atoms with Crippen molar-refractivity contribution in [1.82, 2.24) is 10.2 Å². The first-order valence-electron chi connectivity index (χ1n) is 9.68. The molecule has 2 heterocycles. The molecule has 2 amide bonds. The number of piperidine rings is 1. The van der Waals surface area contributed by atoms with E-state index in [9.17, 15) is 19.7 Å². The molecule has 0 atom stereocenters. The van der Waals surface area contributed by atoms with Gasteiger partial charge in [0.05, 0.1) is 22.2 Å². The molecule has 0 spiro atoms. The molecule has 2 N–H and O–H groups in total. The predicted octanol–water partition coefficient (Wildman–Crippen LogP) is 3.32. The van der Waals surface area contributed by atoms with Crippen molar-refractivity contribution in [2.75, 3.05) is 31.5 Å². The molecule has 3 rings (SSSR count). The molecule has 1 aliphatic heterocycles. The number of likely N-dealkylation sites (tertiary alicyclic amines) is 1. The lowest BCUT2D eigenvalue weighted by atomic mass is 9.96. The van der Waals surface area contributed by atoms with Crippen LogP contribution < -0.4 is 10.6 Å². The lowest BCUT2D eigenvalue weighted by Crippen LogP contribution is -2.43. The molecule has 0 unspecified atom stereocenters. The molecule has 0 saturated carbocycles. The first kappa shape index (κ1) is 22.2. The summed E-state index contributed by atoms with van der Waals surface area (Å²) in [6, 6.07) is 7.99. The minimum Gasteiger partial charge on any atom is -0.355 e. The van der Waals surface area contributed by atoms with E-state index in [2.05, 4.69) is 16.7 Å². The Morgan fingerprint density at radius 1 is 1.27 bits per heavy atom. The fourth-order valence-corrected chi connectivity index (χ4v) is 4.30. The summed E-state index contributed by atoms with van der Waals surface area (Å²) in [5.74, 6) is -0.199. The average Bonchev–Trinajstić information content (AvgIpc) is 3.23. The molecule has 30 heavy (non-hydrogen) atoms.